The van der Waals surface area contributed by atoms with Crippen LogP contribution in [0.15, 0.2) is 54.7 Å². The summed E-state index contributed by atoms with van der Waals surface area (Å²) in [5.41, 5.74) is 0.448. The zero-order valence-electron chi connectivity index (χ0n) is 22.4. The van der Waals surface area contributed by atoms with Crippen LogP contribution in [-0.4, -0.2) is 72.4 Å². The Balaban J connectivity index is 1.35. The number of aromatic nitrogens is 1. The van der Waals surface area contributed by atoms with Gasteiger partial charge in [0.1, 0.15) is 24.4 Å². The lowest BCUT2D eigenvalue weighted by Crippen LogP contribution is -2.46. The fourth-order valence-electron chi connectivity index (χ4n) is 4.75. The van der Waals surface area contributed by atoms with Crippen LogP contribution in [0.4, 0.5) is 24.2 Å². The van der Waals surface area contributed by atoms with E-state index >= 15 is 0 Å². The number of nitrogens with zero attached hydrogens (tertiary/aromatic N) is 3. The van der Waals surface area contributed by atoms with Crippen LogP contribution in [0.5, 0.6) is 0 Å². The quantitative estimate of drug-likeness (QED) is 0.311. The molecule has 40 heavy (non-hydrogen) atoms. The largest absolute Gasteiger partial charge is 0.447 e. The van der Waals surface area contributed by atoms with Crippen molar-refractivity contribution in [3.63, 3.8) is 0 Å². The third kappa shape index (κ3) is 8.25. The van der Waals surface area contributed by atoms with Crippen LogP contribution < -0.4 is 10.6 Å². The maximum absolute atomic E-state index is 13.8. The van der Waals surface area contributed by atoms with Gasteiger partial charge in [0.05, 0.1) is 11.1 Å². The number of hydrogen-bond donors (Lipinski definition) is 2. The highest BCUT2D eigenvalue weighted by atomic mass is 35.5. The number of nitrogens with one attached hydrogen (secondary N) is 2. The molecule has 0 saturated carbocycles. The Bertz CT molecular complexity index is 1310. The summed E-state index contributed by atoms with van der Waals surface area (Å²) in [6.45, 7) is 1.90. The fourth-order valence-corrected chi connectivity index (χ4v) is 4.95. The van der Waals surface area contributed by atoms with Gasteiger partial charge in [0, 0.05) is 31.7 Å². The Morgan fingerprint density at radius 2 is 2.02 bits per heavy atom. The molecule has 0 radical (unpaired) electrons. The van der Waals surface area contributed by atoms with Gasteiger partial charge in [0.15, 0.2) is 0 Å². The van der Waals surface area contributed by atoms with Gasteiger partial charge in [-0.05, 0) is 61.9 Å². The van der Waals surface area contributed by atoms with E-state index < -0.39 is 30.2 Å². The monoisotopic (exact) mass is 573 g/mol. The number of likely N-dealkylation sites (N-methyl/N-ethyl adjacent to an activating group) is 1. The molecule has 2 atom stereocenters. The molecule has 1 aromatic heterocycles. The Morgan fingerprint density at radius 1 is 1.23 bits per heavy atom. The Hall–Kier alpha value is -3.50. The first kappa shape index (κ1) is 29.5. The minimum absolute atomic E-state index is 0.0349. The van der Waals surface area contributed by atoms with Crippen LogP contribution in [0.25, 0.3) is 10.8 Å². The van der Waals surface area contributed by atoms with Crippen LogP contribution in [0.3, 0.4) is 0 Å². The minimum atomic E-state index is -0.816. The number of anilines is 1. The predicted molar refractivity (Wildman–Crippen MR) is 152 cm³/mol. The number of halogens is 3. The van der Waals surface area contributed by atoms with Crippen molar-refractivity contribution in [2.24, 2.45) is 0 Å². The van der Waals surface area contributed by atoms with Crippen molar-refractivity contribution in [2.45, 2.75) is 44.4 Å². The van der Waals surface area contributed by atoms with Crippen molar-refractivity contribution in [1.82, 2.24) is 20.1 Å². The summed E-state index contributed by atoms with van der Waals surface area (Å²) in [6.07, 6.45) is 2.78. The molecule has 4 rings (SSSR count). The van der Waals surface area contributed by atoms with Crippen LogP contribution in [0.2, 0.25) is 5.02 Å². The molecule has 2 aromatic carbocycles. The molecule has 2 heterocycles. The van der Waals surface area contributed by atoms with Gasteiger partial charge in [0.25, 0.3) is 0 Å². The first-order valence-corrected chi connectivity index (χ1v) is 13.8. The third-order valence-electron chi connectivity index (χ3n) is 7.06. The summed E-state index contributed by atoms with van der Waals surface area (Å²) in [5.74, 6) is -0.211. The maximum atomic E-state index is 13.8. The summed E-state index contributed by atoms with van der Waals surface area (Å²) in [5, 5.41) is 7.21. The smallest absolute Gasteiger partial charge is 0.412 e. The first-order chi connectivity index (χ1) is 19.3. The third-order valence-corrected chi connectivity index (χ3v) is 7.48. The average molecular weight is 574 g/mol. The van der Waals surface area contributed by atoms with E-state index in [4.69, 9.17) is 16.3 Å². The molecular formula is C29H34ClF2N5O3. The standard InChI is InChI=1S/C29H34ClF2N5O3/c1-36(28(38)34-17-22-9-4-12-25(32)27(22)30)24(11-6-14-37-13-5-10-23(31)18-37)19-40-29(39)35-26-15-20-7-2-3-8-21(20)16-33-26/h2-4,7-9,12,15-16,23-24H,5-6,10-11,13-14,17-19H2,1H3,(H,34,38)(H,33,35,39). The van der Waals surface area contributed by atoms with Crippen molar-refractivity contribution in [2.75, 3.05) is 38.6 Å². The molecule has 0 aliphatic carbocycles. The van der Waals surface area contributed by atoms with E-state index in [1.807, 2.05) is 24.3 Å². The highest BCUT2D eigenvalue weighted by Crippen LogP contribution is 2.20. The number of carbonyl (C=O) groups is 2. The highest BCUT2D eigenvalue weighted by molar-refractivity contribution is 6.31. The lowest BCUT2D eigenvalue weighted by Gasteiger charge is -2.31. The topological polar surface area (TPSA) is 86.8 Å². The SMILES string of the molecule is CN(C(=O)NCc1cccc(F)c1Cl)C(CCCN1CCCC(F)C1)COC(=O)Nc1cc2ccccc2cn1. The number of fused-ring (bicyclic) bond motifs is 1. The van der Waals surface area contributed by atoms with Crippen LogP contribution in [-0.2, 0) is 11.3 Å². The van der Waals surface area contributed by atoms with E-state index in [1.165, 1.54) is 17.0 Å². The van der Waals surface area contributed by atoms with E-state index in [1.54, 1.807) is 25.4 Å². The van der Waals surface area contributed by atoms with Gasteiger partial charge in [-0.25, -0.2) is 23.4 Å². The number of carbonyl (C=O) groups excluding carboxylic acids is 2. The number of amides is 3. The summed E-state index contributed by atoms with van der Waals surface area (Å²) in [7, 11) is 1.61. The molecule has 11 heteroatoms. The molecule has 0 spiro atoms. The summed E-state index contributed by atoms with van der Waals surface area (Å²) in [6, 6.07) is 12.9. The van der Waals surface area contributed by atoms with Crippen LogP contribution in [0, 0.1) is 5.82 Å². The predicted octanol–water partition coefficient (Wildman–Crippen LogP) is 6.00. The molecule has 1 saturated heterocycles. The second kappa shape index (κ2) is 14.2. The Labute approximate surface area is 237 Å². The zero-order valence-corrected chi connectivity index (χ0v) is 23.2. The fraction of sp³-hybridized carbons (Fsp3) is 0.414. The number of ether oxygens (including phenoxy) is 1. The lowest BCUT2D eigenvalue weighted by molar-refractivity contribution is 0.105. The molecule has 1 aliphatic heterocycles. The lowest BCUT2D eigenvalue weighted by atomic mass is 10.1. The zero-order chi connectivity index (χ0) is 28.5. The molecule has 0 bridgehead atoms. The van der Waals surface area contributed by atoms with E-state index in [2.05, 4.69) is 20.5 Å². The van der Waals surface area contributed by atoms with E-state index in [-0.39, 0.29) is 18.2 Å². The summed E-state index contributed by atoms with van der Waals surface area (Å²) < 4.78 is 33.1. The van der Waals surface area contributed by atoms with E-state index in [0.717, 1.165) is 23.7 Å². The van der Waals surface area contributed by atoms with Crippen molar-refractivity contribution >= 4 is 40.3 Å². The molecule has 2 N–H and O–H groups in total. The summed E-state index contributed by atoms with van der Waals surface area (Å²) in [4.78, 5) is 33.4. The second-order valence-corrected chi connectivity index (χ2v) is 10.3. The van der Waals surface area contributed by atoms with E-state index in [0.29, 0.717) is 43.7 Å². The van der Waals surface area contributed by atoms with Crippen LogP contribution in [0.1, 0.15) is 31.2 Å². The van der Waals surface area contributed by atoms with Gasteiger partial charge in [-0.1, -0.05) is 48.0 Å². The molecule has 3 aromatic rings. The molecular weight excluding hydrogens is 540 g/mol. The number of rotatable bonds is 10. The normalized spacial score (nSPS) is 16.4. The highest BCUT2D eigenvalue weighted by Gasteiger charge is 2.24. The average Bonchev–Trinajstić information content (AvgIpc) is 2.95. The summed E-state index contributed by atoms with van der Waals surface area (Å²) >= 11 is 6.01. The Morgan fingerprint density at radius 3 is 2.83 bits per heavy atom. The van der Waals surface area contributed by atoms with Gasteiger partial charge in [-0.3, -0.25) is 5.32 Å². The number of alkyl halides is 1. The van der Waals surface area contributed by atoms with Gasteiger partial charge in [0.2, 0.25) is 0 Å². The maximum Gasteiger partial charge on any atom is 0.412 e. The van der Waals surface area contributed by atoms with Gasteiger partial charge >= 0.3 is 12.1 Å². The van der Waals surface area contributed by atoms with Crippen LogP contribution >= 0.6 is 11.6 Å². The number of urea groups is 1. The number of likely N-dealkylation sites (tertiary alicyclic amines) is 1. The molecule has 1 aliphatic rings. The van der Waals surface area contributed by atoms with Gasteiger partial charge in [-0.2, -0.15) is 0 Å². The molecule has 1 fully saturated rings. The number of piperidine rings is 1. The minimum Gasteiger partial charge on any atom is -0.447 e. The Kier molecular flexibility index (Phi) is 10.5. The molecule has 3 amide bonds. The van der Waals surface area contributed by atoms with Crippen molar-refractivity contribution < 1.29 is 23.1 Å². The molecule has 8 nitrogen and oxygen atoms in total. The molecule has 214 valence electrons. The van der Waals surface area contributed by atoms with Crippen molar-refractivity contribution in [3.05, 3.63) is 71.1 Å². The first-order valence-electron chi connectivity index (χ1n) is 13.4. The van der Waals surface area contributed by atoms with Gasteiger partial charge < -0.3 is 19.9 Å². The van der Waals surface area contributed by atoms with Crippen molar-refractivity contribution in [3.8, 4) is 0 Å². The van der Waals surface area contributed by atoms with E-state index in [9.17, 15) is 18.4 Å². The van der Waals surface area contributed by atoms with Crippen molar-refractivity contribution in [1.29, 1.82) is 0 Å². The van der Waals surface area contributed by atoms with Gasteiger partial charge in [-0.15, -0.1) is 0 Å². The number of hydrogen-bond acceptors (Lipinski definition) is 5. The molecule has 2 unspecified atom stereocenters. The second-order valence-electron chi connectivity index (χ2n) is 9.96. The number of benzene rings is 2. The number of pyridine rings is 1.